The Morgan fingerprint density at radius 2 is 1.91 bits per heavy atom. The van der Waals surface area contributed by atoms with Crippen molar-refractivity contribution in [3.05, 3.63) is 77.7 Å². The lowest BCUT2D eigenvalue weighted by Crippen LogP contribution is -2.10. The maximum atomic E-state index is 14.1. The second-order valence-corrected chi connectivity index (χ2v) is 7.79. The molecule has 0 spiro atoms. The molecule has 0 saturated heterocycles. The van der Waals surface area contributed by atoms with Gasteiger partial charge < -0.3 is 14.6 Å². The minimum absolute atomic E-state index is 0.0554. The lowest BCUT2D eigenvalue weighted by molar-refractivity contribution is -0.137. The molecule has 0 radical (unpaired) electrons. The Balaban J connectivity index is 1.49. The summed E-state index contributed by atoms with van der Waals surface area (Å²) in [6.45, 7) is 0. The molecule has 1 saturated carbocycles. The number of carbonyl (C=O) groups excluding carboxylic acids is 1. The molecule has 1 atom stereocenters. The highest BCUT2D eigenvalue weighted by Gasteiger charge is 2.33. The fraction of sp³-hybridized carbons (Fsp3) is 0.240. The molecular weight excluding hydrogens is 413 g/mol. The van der Waals surface area contributed by atoms with E-state index in [1.165, 1.54) is 13.2 Å². The highest BCUT2D eigenvalue weighted by atomic mass is 19.1. The van der Waals surface area contributed by atoms with Crippen LogP contribution in [-0.4, -0.2) is 29.1 Å². The number of hydrogen-bond acceptors (Lipinski definition) is 5. The Morgan fingerprint density at radius 3 is 2.56 bits per heavy atom. The first-order valence-electron chi connectivity index (χ1n) is 10.3. The predicted molar refractivity (Wildman–Crippen MR) is 115 cm³/mol. The van der Waals surface area contributed by atoms with Crippen molar-refractivity contribution in [2.45, 2.75) is 25.2 Å². The quantitative estimate of drug-likeness (QED) is 0.392. The largest absolute Gasteiger partial charge is 0.481 e. The molecule has 1 aliphatic rings. The minimum atomic E-state index is -0.840. The summed E-state index contributed by atoms with van der Waals surface area (Å²) in [5.74, 6) is -0.968. The van der Waals surface area contributed by atoms with Crippen LogP contribution in [0.3, 0.4) is 0 Å². The van der Waals surface area contributed by atoms with Crippen molar-refractivity contribution < 1.29 is 28.6 Å². The van der Waals surface area contributed by atoms with Gasteiger partial charge in [-0.05, 0) is 60.1 Å². The first kappa shape index (κ1) is 21.5. The first-order chi connectivity index (χ1) is 15.4. The molecule has 7 heteroatoms. The van der Waals surface area contributed by atoms with Crippen molar-refractivity contribution >= 4 is 11.9 Å². The van der Waals surface area contributed by atoms with Crippen LogP contribution < -0.4 is 9.47 Å². The van der Waals surface area contributed by atoms with Crippen molar-refractivity contribution in [2.24, 2.45) is 5.92 Å². The molecule has 32 heavy (non-hydrogen) atoms. The number of halogens is 1. The van der Waals surface area contributed by atoms with Gasteiger partial charge in [0.25, 0.3) is 0 Å². The molecule has 0 bridgehead atoms. The van der Waals surface area contributed by atoms with Crippen LogP contribution in [0.4, 0.5) is 4.39 Å². The maximum absolute atomic E-state index is 14.1. The van der Waals surface area contributed by atoms with Gasteiger partial charge in [-0.15, -0.1) is 0 Å². The van der Waals surface area contributed by atoms with Crippen LogP contribution in [-0.2, 0) is 4.79 Å². The van der Waals surface area contributed by atoms with E-state index in [4.69, 9.17) is 9.47 Å². The first-order valence-corrected chi connectivity index (χ1v) is 10.3. The van der Waals surface area contributed by atoms with E-state index < -0.39 is 17.8 Å². The number of carbonyl (C=O) groups is 2. The van der Waals surface area contributed by atoms with E-state index in [0.717, 1.165) is 24.6 Å². The molecule has 0 aliphatic heterocycles. The molecule has 0 unspecified atom stereocenters. The van der Waals surface area contributed by atoms with Crippen LogP contribution in [0.25, 0.3) is 11.1 Å². The number of rotatable bonds is 8. The standard InChI is InChI=1S/C25H22FNO5/c1-31-23-12-21(22(26)14-27-23)16-7-9-17(10-8-16)25(30)32-19-4-2-3-18(11-19)20(13-24(28)29)15-5-6-15/h2-4,7-12,14-15,20H,5-6,13H2,1H3,(H,28,29)/t20-/m0/s1. The summed E-state index contributed by atoms with van der Waals surface area (Å²) in [7, 11) is 1.45. The van der Waals surface area contributed by atoms with Gasteiger partial charge in [0, 0.05) is 11.6 Å². The van der Waals surface area contributed by atoms with Crippen molar-refractivity contribution in [3.63, 3.8) is 0 Å². The van der Waals surface area contributed by atoms with Crippen LogP contribution in [0.1, 0.15) is 41.1 Å². The van der Waals surface area contributed by atoms with Crippen LogP contribution in [0.2, 0.25) is 0 Å². The van der Waals surface area contributed by atoms with E-state index >= 15 is 0 Å². The zero-order chi connectivity index (χ0) is 22.7. The number of aliphatic carboxylic acids is 1. The third kappa shape index (κ3) is 4.94. The van der Waals surface area contributed by atoms with Crippen LogP contribution in [0.5, 0.6) is 11.6 Å². The van der Waals surface area contributed by atoms with Crippen molar-refractivity contribution in [2.75, 3.05) is 7.11 Å². The molecule has 6 nitrogen and oxygen atoms in total. The molecule has 1 aliphatic carbocycles. The highest BCUT2D eigenvalue weighted by Crippen LogP contribution is 2.45. The zero-order valence-electron chi connectivity index (χ0n) is 17.5. The smallest absolute Gasteiger partial charge is 0.343 e. The summed E-state index contributed by atoms with van der Waals surface area (Å²) in [6.07, 6.45) is 3.17. The van der Waals surface area contributed by atoms with Crippen molar-refractivity contribution in [1.82, 2.24) is 4.98 Å². The highest BCUT2D eigenvalue weighted by molar-refractivity contribution is 5.91. The Labute approximate surface area is 184 Å². The monoisotopic (exact) mass is 435 g/mol. The maximum Gasteiger partial charge on any atom is 0.343 e. The molecule has 4 rings (SSSR count). The summed E-state index contributed by atoms with van der Waals surface area (Å²) in [5, 5.41) is 9.22. The number of ether oxygens (including phenoxy) is 2. The third-order valence-electron chi connectivity index (χ3n) is 5.55. The summed E-state index contributed by atoms with van der Waals surface area (Å²) >= 11 is 0. The molecule has 2 aromatic carbocycles. The van der Waals surface area contributed by atoms with Gasteiger partial charge in [0.05, 0.1) is 25.3 Å². The second kappa shape index (κ2) is 9.18. The fourth-order valence-electron chi connectivity index (χ4n) is 3.76. The Morgan fingerprint density at radius 1 is 1.16 bits per heavy atom. The summed E-state index contributed by atoms with van der Waals surface area (Å²) in [5.41, 5.74) is 2.05. The van der Waals surface area contributed by atoms with Gasteiger partial charge in [-0.1, -0.05) is 24.3 Å². The van der Waals surface area contributed by atoms with Gasteiger partial charge in [0.1, 0.15) is 11.6 Å². The topological polar surface area (TPSA) is 85.7 Å². The van der Waals surface area contributed by atoms with Gasteiger partial charge in [0.15, 0.2) is 0 Å². The lowest BCUT2D eigenvalue weighted by Gasteiger charge is -2.15. The van der Waals surface area contributed by atoms with Gasteiger partial charge >= 0.3 is 11.9 Å². The lowest BCUT2D eigenvalue weighted by atomic mass is 9.91. The van der Waals surface area contributed by atoms with Crippen molar-refractivity contribution in [1.29, 1.82) is 0 Å². The fourth-order valence-corrected chi connectivity index (χ4v) is 3.76. The summed E-state index contributed by atoms with van der Waals surface area (Å²) < 4.78 is 24.7. The van der Waals surface area contributed by atoms with E-state index in [-0.39, 0.29) is 18.2 Å². The minimum Gasteiger partial charge on any atom is -0.481 e. The van der Waals surface area contributed by atoms with E-state index in [0.29, 0.717) is 28.4 Å². The average Bonchev–Trinajstić information content (AvgIpc) is 3.63. The van der Waals surface area contributed by atoms with E-state index in [1.807, 2.05) is 6.07 Å². The van der Waals surface area contributed by atoms with Crippen LogP contribution in [0.15, 0.2) is 60.8 Å². The molecule has 0 amide bonds. The molecule has 3 aromatic rings. The van der Waals surface area contributed by atoms with Crippen LogP contribution in [0, 0.1) is 11.7 Å². The van der Waals surface area contributed by atoms with E-state index in [9.17, 15) is 19.1 Å². The number of hydrogen-bond donors (Lipinski definition) is 1. The predicted octanol–water partition coefficient (Wildman–Crippen LogP) is 5.08. The SMILES string of the molecule is COc1cc(-c2ccc(C(=O)Oc3cccc([C@@H](CC(=O)O)C4CC4)c3)cc2)c(F)cn1. The number of nitrogens with zero attached hydrogens (tertiary/aromatic N) is 1. The number of esters is 1. The van der Waals surface area contributed by atoms with Crippen molar-refractivity contribution in [3.8, 4) is 22.8 Å². The number of carboxylic acids is 1. The molecule has 164 valence electrons. The van der Waals surface area contributed by atoms with Gasteiger partial charge in [-0.25, -0.2) is 14.2 Å². The van der Waals surface area contributed by atoms with Gasteiger partial charge in [-0.3, -0.25) is 4.79 Å². The number of aromatic nitrogens is 1. The second-order valence-electron chi connectivity index (χ2n) is 7.79. The van der Waals surface area contributed by atoms with Gasteiger partial charge in [0.2, 0.25) is 5.88 Å². The van der Waals surface area contributed by atoms with Crippen LogP contribution >= 0.6 is 0 Å². The average molecular weight is 435 g/mol. The Hall–Kier alpha value is -3.74. The molecule has 1 N–H and O–H groups in total. The molecule has 1 aromatic heterocycles. The summed E-state index contributed by atoms with van der Waals surface area (Å²) in [4.78, 5) is 27.7. The summed E-state index contributed by atoms with van der Waals surface area (Å²) in [6, 6.07) is 14.9. The number of methoxy groups -OCH3 is 1. The Bertz CT molecular complexity index is 1140. The number of pyridine rings is 1. The number of carboxylic acid groups (broad SMARTS) is 1. The molecular formula is C25H22FNO5. The molecule has 1 fully saturated rings. The van der Waals surface area contributed by atoms with E-state index in [1.54, 1.807) is 42.5 Å². The normalized spacial score (nSPS) is 13.9. The Kier molecular flexibility index (Phi) is 6.16. The zero-order valence-corrected chi connectivity index (χ0v) is 17.5. The van der Waals surface area contributed by atoms with E-state index in [2.05, 4.69) is 4.98 Å². The number of benzene rings is 2. The third-order valence-corrected chi connectivity index (χ3v) is 5.55. The molecule has 1 heterocycles. The van der Waals surface area contributed by atoms with Gasteiger partial charge in [-0.2, -0.15) is 0 Å².